The van der Waals surface area contributed by atoms with Crippen molar-refractivity contribution < 1.29 is 14.3 Å². The lowest BCUT2D eigenvalue weighted by atomic mass is 10.1. The molecule has 1 amide bonds. The van der Waals surface area contributed by atoms with E-state index >= 15 is 0 Å². The van der Waals surface area contributed by atoms with Gasteiger partial charge in [0.15, 0.2) is 10.8 Å². The van der Waals surface area contributed by atoms with Crippen LogP contribution in [-0.4, -0.2) is 22.8 Å². The van der Waals surface area contributed by atoms with Crippen LogP contribution in [-0.2, 0) is 14.3 Å². The number of benzene rings is 3. The number of ether oxygens (including phenoxy) is 1. The quantitative estimate of drug-likeness (QED) is 0.318. The second-order valence-electron chi connectivity index (χ2n) is 7.14. The Morgan fingerprint density at radius 3 is 2.53 bits per heavy atom. The normalized spacial score (nSPS) is 14.5. The first-order chi connectivity index (χ1) is 15.6. The molecule has 2 heterocycles. The van der Waals surface area contributed by atoms with Crippen molar-refractivity contribution in [3.8, 4) is 0 Å². The van der Waals surface area contributed by atoms with Crippen LogP contribution >= 0.6 is 11.3 Å². The van der Waals surface area contributed by atoms with Crippen molar-refractivity contribution in [3.63, 3.8) is 0 Å². The molecule has 0 saturated carbocycles. The lowest BCUT2D eigenvalue weighted by Crippen LogP contribution is -2.22. The zero-order valence-electron chi connectivity index (χ0n) is 17.1. The predicted molar refractivity (Wildman–Crippen MR) is 126 cm³/mol. The summed E-state index contributed by atoms with van der Waals surface area (Å²) in [5.74, 6) is -0.423. The first-order valence-corrected chi connectivity index (χ1v) is 10.8. The van der Waals surface area contributed by atoms with E-state index in [-0.39, 0.29) is 17.5 Å². The number of amides is 1. The van der Waals surface area contributed by atoms with E-state index in [1.807, 2.05) is 72.8 Å². The summed E-state index contributed by atoms with van der Waals surface area (Å²) < 4.78 is 5.40. The molecular weight excluding hydrogens is 422 g/mol. The Morgan fingerprint density at radius 2 is 1.75 bits per heavy atom. The molecule has 1 aliphatic rings. The fourth-order valence-corrected chi connectivity index (χ4v) is 4.29. The summed E-state index contributed by atoms with van der Waals surface area (Å²) >= 11 is 1.31. The van der Waals surface area contributed by atoms with Crippen molar-refractivity contribution in [2.75, 3.05) is 4.90 Å². The number of esters is 1. The number of aromatic nitrogens is 1. The van der Waals surface area contributed by atoms with E-state index in [4.69, 9.17) is 4.74 Å². The molecule has 0 aliphatic carbocycles. The van der Waals surface area contributed by atoms with Gasteiger partial charge in [-0.2, -0.15) is 0 Å². The molecule has 1 aromatic heterocycles. The average molecular weight is 439 g/mol. The molecular formula is C25H17N3O3S. The molecule has 156 valence electrons. The molecule has 0 N–H and O–H groups in total. The number of nitrogens with zero attached hydrogens (tertiary/aromatic N) is 3. The van der Waals surface area contributed by atoms with Gasteiger partial charge in [-0.25, -0.2) is 14.8 Å². The molecule has 0 unspecified atom stereocenters. The summed E-state index contributed by atoms with van der Waals surface area (Å²) in [5, 5.41) is 4.43. The highest BCUT2D eigenvalue weighted by molar-refractivity contribution is 7.14. The lowest BCUT2D eigenvalue weighted by Gasteiger charge is -2.17. The minimum absolute atomic E-state index is 0.151. The van der Waals surface area contributed by atoms with E-state index < -0.39 is 5.97 Å². The van der Waals surface area contributed by atoms with Crippen LogP contribution in [0.2, 0.25) is 0 Å². The Bertz CT molecular complexity index is 1410. The van der Waals surface area contributed by atoms with Crippen LogP contribution < -0.4 is 4.90 Å². The topological polar surface area (TPSA) is 71.9 Å². The molecule has 32 heavy (non-hydrogen) atoms. The number of hydrogen-bond donors (Lipinski definition) is 0. The molecule has 0 atom stereocenters. The number of anilines is 2. The number of fused-ring (bicyclic) bond motifs is 1. The molecule has 3 aromatic carbocycles. The van der Waals surface area contributed by atoms with Gasteiger partial charge in [0.1, 0.15) is 0 Å². The number of cyclic esters (lactones) is 1. The minimum Gasteiger partial charge on any atom is -0.402 e. The number of aliphatic imine (C=N–C) groups is 1. The largest absolute Gasteiger partial charge is 0.402 e. The lowest BCUT2D eigenvalue weighted by molar-refractivity contribution is -0.130. The van der Waals surface area contributed by atoms with Crippen molar-refractivity contribution in [2.45, 2.75) is 6.92 Å². The van der Waals surface area contributed by atoms with Crippen LogP contribution in [0.1, 0.15) is 18.2 Å². The Kier molecular flexibility index (Phi) is 5.09. The first-order valence-electron chi connectivity index (χ1n) is 9.91. The molecule has 1 aliphatic heterocycles. The van der Waals surface area contributed by atoms with Gasteiger partial charge < -0.3 is 4.74 Å². The third kappa shape index (κ3) is 3.81. The monoisotopic (exact) mass is 439 g/mol. The van der Waals surface area contributed by atoms with Crippen molar-refractivity contribution in [2.24, 2.45) is 4.99 Å². The summed E-state index contributed by atoms with van der Waals surface area (Å²) in [6.07, 6.45) is 1.57. The van der Waals surface area contributed by atoms with E-state index in [1.165, 1.54) is 23.2 Å². The van der Waals surface area contributed by atoms with Crippen molar-refractivity contribution in [3.05, 3.63) is 95.1 Å². The van der Waals surface area contributed by atoms with E-state index in [2.05, 4.69) is 9.98 Å². The van der Waals surface area contributed by atoms with Crippen molar-refractivity contribution in [1.29, 1.82) is 0 Å². The van der Waals surface area contributed by atoms with Crippen LogP contribution in [0.4, 0.5) is 10.8 Å². The number of carbonyl (C=O) groups excluding carboxylic acids is 2. The summed E-state index contributed by atoms with van der Waals surface area (Å²) in [7, 11) is 0. The summed E-state index contributed by atoms with van der Waals surface area (Å²) in [4.78, 5) is 35.1. The van der Waals surface area contributed by atoms with E-state index in [0.29, 0.717) is 10.8 Å². The number of hydrogen-bond acceptors (Lipinski definition) is 6. The Hall–Kier alpha value is -4.10. The molecule has 0 bridgehead atoms. The summed E-state index contributed by atoms with van der Waals surface area (Å²) in [6, 6.07) is 23.0. The molecule has 7 heteroatoms. The smallest absolute Gasteiger partial charge is 0.363 e. The maximum Gasteiger partial charge on any atom is 0.363 e. The van der Waals surface area contributed by atoms with E-state index in [1.54, 1.807) is 11.5 Å². The van der Waals surface area contributed by atoms with Gasteiger partial charge in [0.05, 0.1) is 11.4 Å². The van der Waals surface area contributed by atoms with Crippen LogP contribution in [0.5, 0.6) is 0 Å². The fourth-order valence-electron chi connectivity index (χ4n) is 3.44. The Labute approximate surface area is 188 Å². The summed E-state index contributed by atoms with van der Waals surface area (Å²) in [5.41, 5.74) is 2.15. The van der Waals surface area contributed by atoms with Gasteiger partial charge in [-0.1, -0.05) is 48.5 Å². The highest BCUT2D eigenvalue weighted by Gasteiger charge is 2.25. The van der Waals surface area contributed by atoms with Gasteiger partial charge in [-0.05, 0) is 41.1 Å². The van der Waals surface area contributed by atoms with Gasteiger partial charge in [0, 0.05) is 17.9 Å². The average Bonchev–Trinajstić information content (AvgIpc) is 3.41. The number of para-hydroxylation sites is 1. The van der Waals surface area contributed by atoms with Crippen LogP contribution in [0.3, 0.4) is 0 Å². The van der Waals surface area contributed by atoms with E-state index in [0.717, 1.165) is 22.0 Å². The van der Waals surface area contributed by atoms with Crippen LogP contribution in [0.25, 0.3) is 16.8 Å². The molecule has 0 spiro atoms. The molecule has 0 fully saturated rings. The minimum atomic E-state index is -0.533. The maximum atomic E-state index is 12.4. The van der Waals surface area contributed by atoms with Gasteiger partial charge in [-0.3, -0.25) is 9.69 Å². The van der Waals surface area contributed by atoms with Gasteiger partial charge in [0.2, 0.25) is 11.8 Å². The third-order valence-electron chi connectivity index (χ3n) is 4.93. The van der Waals surface area contributed by atoms with Crippen molar-refractivity contribution in [1.82, 2.24) is 4.98 Å². The molecule has 0 saturated heterocycles. The number of thiazole rings is 1. The van der Waals surface area contributed by atoms with Gasteiger partial charge in [-0.15, -0.1) is 11.3 Å². The summed E-state index contributed by atoms with van der Waals surface area (Å²) in [6.45, 7) is 1.49. The van der Waals surface area contributed by atoms with Crippen LogP contribution in [0.15, 0.2) is 88.9 Å². The molecule has 6 nitrogen and oxygen atoms in total. The van der Waals surface area contributed by atoms with Gasteiger partial charge in [0.25, 0.3) is 0 Å². The molecule has 4 aromatic rings. The first kappa shape index (κ1) is 19.8. The zero-order chi connectivity index (χ0) is 22.1. The predicted octanol–water partition coefficient (Wildman–Crippen LogP) is 5.33. The second-order valence-corrected chi connectivity index (χ2v) is 7.98. The molecule has 0 radical (unpaired) electrons. The Morgan fingerprint density at radius 1 is 1.00 bits per heavy atom. The number of carbonyl (C=O) groups is 2. The standard InChI is InChI=1S/C25H17N3O3S/c1-16(29)28(21-9-3-2-4-10-21)25-26-20(15-32-25)14-22-24(30)31-23(27-22)19-12-11-17-7-5-6-8-18(17)13-19/h2-15H,1H3/b22-14-. The second kappa shape index (κ2) is 8.20. The highest BCUT2D eigenvalue weighted by atomic mass is 32.1. The Balaban J connectivity index is 1.45. The number of rotatable bonds is 4. The van der Waals surface area contributed by atoms with Crippen LogP contribution in [0, 0.1) is 0 Å². The maximum absolute atomic E-state index is 12.4. The zero-order valence-corrected chi connectivity index (χ0v) is 17.9. The third-order valence-corrected chi connectivity index (χ3v) is 5.78. The fraction of sp³-hybridized carbons (Fsp3) is 0.0400. The van der Waals surface area contributed by atoms with Gasteiger partial charge >= 0.3 is 5.97 Å². The van der Waals surface area contributed by atoms with E-state index in [9.17, 15) is 9.59 Å². The SMILES string of the molecule is CC(=O)N(c1ccccc1)c1nc(/C=C2\N=C(c3ccc4ccccc4c3)OC2=O)cs1. The highest BCUT2D eigenvalue weighted by Crippen LogP contribution is 2.30. The molecule has 5 rings (SSSR count). The van der Waals surface area contributed by atoms with Crippen molar-refractivity contribution >= 4 is 56.8 Å².